The standard InChI is InChI=1S/C13H15F2N3O/c1-9-11(18-8-17-9)7-16-6-10-4-2-3-5-12(10)19-13(14)15/h2-5,8,13,16H,6-7H2,1H3,(H,17,18). The molecule has 2 N–H and O–H groups in total. The van der Waals surface area contributed by atoms with Crippen molar-refractivity contribution in [2.45, 2.75) is 26.6 Å². The molecule has 4 nitrogen and oxygen atoms in total. The van der Waals surface area contributed by atoms with Crippen LogP contribution in [0.3, 0.4) is 0 Å². The Labute approximate surface area is 109 Å². The topological polar surface area (TPSA) is 49.9 Å². The minimum absolute atomic E-state index is 0.198. The number of alkyl halides is 2. The maximum Gasteiger partial charge on any atom is 0.387 e. The molecule has 0 radical (unpaired) electrons. The maximum atomic E-state index is 12.2. The number of H-pyrrole nitrogens is 1. The molecular weight excluding hydrogens is 252 g/mol. The molecule has 2 aromatic rings. The SMILES string of the molecule is Cc1[nH]cnc1CNCc1ccccc1OC(F)F. The highest BCUT2D eigenvalue weighted by Crippen LogP contribution is 2.20. The number of aromatic amines is 1. The molecule has 0 spiro atoms. The molecule has 0 bridgehead atoms. The van der Waals surface area contributed by atoms with Gasteiger partial charge in [-0.05, 0) is 13.0 Å². The fourth-order valence-electron chi connectivity index (χ4n) is 1.74. The lowest BCUT2D eigenvalue weighted by molar-refractivity contribution is -0.0505. The average Bonchev–Trinajstić information content (AvgIpc) is 2.77. The molecule has 0 saturated heterocycles. The van der Waals surface area contributed by atoms with Crippen molar-refractivity contribution in [2.24, 2.45) is 0 Å². The second kappa shape index (κ2) is 6.29. The van der Waals surface area contributed by atoms with E-state index < -0.39 is 6.61 Å². The number of para-hydroxylation sites is 1. The third-order valence-electron chi connectivity index (χ3n) is 2.73. The van der Waals surface area contributed by atoms with Crippen LogP contribution >= 0.6 is 0 Å². The summed E-state index contributed by atoms with van der Waals surface area (Å²) >= 11 is 0. The zero-order valence-corrected chi connectivity index (χ0v) is 10.5. The van der Waals surface area contributed by atoms with Crippen LogP contribution in [-0.4, -0.2) is 16.6 Å². The Bertz CT molecular complexity index is 528. The van der Waals surface area contributed by atoms with Crippen molar-refractivity contribution in [2.75, 3.05) is 0 Å². The van der Waals surface area contributed by atoms with Crippen molar-refractivity contribution < 1.29 is 13.5 Å². The molecule has 0 atom stereocenters. The second-order valence-electron chi connectivity index (χ2n) is 4.06. The number of hydrogen-bond acceptors (Lipinski definition) is 3. The van der Waals surface area contributed by atoms with Crippen LogP contribution in [0.15, 0.2) is 30.6 Å². The van der Waals surface area contributed by atoms with Crippen LogP contribution in [0.25, 0.3) is 0 Å². The Kier molecular flexibility index (Phi) is 4.46. The first-order valence-electron chi connectivity index (χ1n) is 5.89. The molecule has 0 aliphatic carbocycles. The van der Waals surface area contributed by atoms with Crippen molar-refractivity contribution in [3.8, 4) is 5.75 Å². The van der Waals surface area contributed by atoms with Crippen molar-refractivity contribution in [3.05, 3.63) is 47.5 Å². The number of benzene rings is 1. The number of halogens is 2. The molecule has 1 aromatic carbocycles. The fourth-order valence-corrected chi connectivity index (χ4v) is 1.74. The average molecular weight is 267 g/mol. The van der Waals surface area contributed by atoms with E-state index in [9.17, 15) is 8.78 Å². The van der Waals surface area contributed by atoms with Gasteiger partial charge in [-0.15, -0.1) is 0 Å². The van der Waals surface area contributed by atoms with Crippen LogP contribution in [0.2, 0.25) is 0 Å². The molecule has 0 fully saturated rings. The third kappa shape index (κ3) is 3.75. The number of ether oxygens (including phenoxy) is 1. The van der Waals surface area contributed by atoms with Crippen molar-refractivity contribution in [1.82, 2.24) is 15.3 Å². The summed E-state index contributed by atoms with van der Waals surface area (Å²) < 4.78 is 28.9. The lowest BCUT2D eigenvalue weighted by atomic mass is 10.2. The van der Waals surface area contributed by atoms with Gasteiger partial charge in [0, 0.05) is 24.3 Å². The van der Waals surface area contributed by atoms with E-state index in [4.69, 9.17) is 0 Å². The van der Waals surface area contributed by atoms with E-state index in [1.54, 1.807) is 24.5 Å². The van der Waals surface area contributed by atoms with Gasteiger partial charge < -0.3 is 15.0 Å². The summed E-state index contributed by atoms with van der Waals surface area (Å²) in [6, 6.07) is 6.74. The Morgan fingerprint density at radius 3 is 2.79 bits per heavy atom. The zero-order valence-electron chi connectivity index (χ0n) is 10.5. The molecule has 0 unspecified atom stereocenters. The highest BCUT2D eigenvalue weighted by atomic mass is 19.3. The predicted octanol–water partition coefficient (Wildman–Crippen LogP) is 2.61. The quantitative estimate of drug-likeness (QED) is 0.845. The second-order valence-corrected chi connectivity index (χ2v) is 4.06. The normalized spacial score (nSPS) is 10.9. The summed E-state index contributed by atoms with van der Waals surface area (Å²) in [4.78, 5) is 7.13. The Balaban J connectivity index is 1.94. The number of nitrogens with one attached hydrogen (secondary N) is 2. The van der Waals surface area contributed by atoms with E-state index in [1.807, 2.05) is 6.92 Å². The number of imidazole rings is 1. The van der Waals surface area contributed by atoms with Gasteiger partial charge in [-0.25, -0.2) is 4.98 Å². The Morgan fingerprint density at radius 1 is 1.32 bits per heavy atom. The van der Waals surface area contributed by atoms with E-state index in [0.29, 0.717) is 18.7 Å². The van der Waals surface area contributed by atoms with Crippen molar-refractivity contribution in [3.63, 3.8) is 0 Å². The highest BCUT2D eigenvalue weighted by molar-refractivity contribution is 5.33. The Morgan fingerprint density at radius 2 is 2.11 bits per heavy atom. The minimum Gasteiger partial charge on any atom is -0.434 e. The van der Waals surface area contributed by atoms with E-state index in [-0.39, 0.29) is 5.75 Å². The number of hydrogen-bond donors (Lipinski definition) is 2. The van der Waals surface area contributed by atoms with Gasteiger partial charge in [-0.2, -0.15) is 8.78 Å². The molecule has 19 heavy (non-hydrogen) atoms. The van der Waals surface area contributed by atoms with Crippen LogP contribution in [-0.2, 0) is 13.1 Å². The van der Waals surface area contributed by atoms with Gasteiger partial charge in [0.05, 0.1) is 12.0 Å². The van der Waals surface area contributed by atoms with Gasteiger partial charge in [-0.3, -0.25) is 0 Å². The lowest BCUT2D eigenvalue weighted by Gasteiger charge is -2.11. The fraction of sp³-hybridized carbons (Fsp3) is 0.308. The van der Waals surface area contributed by atoms with Crippen LogP contribution in [0.1, 0.15) is 17.0 Å². The zero-order chi connectivity index (χ0) is 13.7. The summed E-state index contributed by atoms with van der Waals surface area (Å²) in [7, 11) is 0. The first-order valence-corrected chi connectivity index (χ1v) is 5.89. The summed E-state index contributed by atoms with van der Waals surface area (Å²) in [6.45, 7) is 0.125. The van der Waals surface area contributed by atoms with E-state index >= 15 is 0 Å². The van der Waals surface area contributed by atoms with Crippen LogP contribution < -0.4 is 10.1 Å². The van der Waals surface area contributed by atoms with Gasteiger partial charge in [0.25, 0.3) is 0 Å². The summed E-state index contributed by atoms with van der Waals surface area (Å²) in [5, 5.41) is 3.15. The van der Waals surface area contributed by atoms with E-state index in [1.165, 1.54) is 6.07 Å². The summed E-state index contributed by atoms with van der Waals surface area (Å²) in [6.07, 6.45) is 1.63. The first kappa shape index (κ1) is 13.5. The first-order chi connectivity index (χ1) is 9.16. The summed E-state index contributed by atoms with van der Waals surface area (Å²) in [5.74, 6) is 0.198. The highest BCUT2D eigenvalue weighted by Gasteiger charge is 2.09. The van der Waals surface area contributed by atoms with Gasteiger partial charge in [-0.1, -0.05) is 18.2 Å². The molecule has 1 heterocycles. The lowest BCUT2D eigenvalue weighted by Crippen LogP contribution is -2.15. The largest absolute Gasteiger partial charge is 0.434 e. The van der Waals surface area contributed by atoms with Crippen molar-refractivity contribution >= 4 is 0 Å². The predicted molar refractivity (Wildman–Crippen MR) is 66.9 cm³/mol. The molecule has 0 saturated carbocycles. The maximum absolute atomic E-state index is 12.2. The molecule has 0 aliphatic rings. The van der Waals surface area contributed by atoms with E-state index in [0.717, 1.165) is 11.4 Å². The van der Waals surface area contributed by atoms with E-state index in [2.05, 4.69) is 20.0 Å². The minimum atomic E-state index is -2.81. The number of rotatable bonds is 6. The number of aryl methyl sites for hydroxylation is 1. The third-order valence-corrected chi connectivity index (χ3v) is 2.73. The molecule has 0 aliphatic heterocycles. The monoisotopic (exact) mass is 267 g/mol. The smallest absolute Gasteiger partial charge is 0.387 e. The molecule has 0 amide bonds. The van der Waals surface area contributed by atoms with Gasteiger partial charge in [0.1, 0.15) is 5.75 Å². The molecule has 1 aromatic heterocycles. The van der Waals surface area contributed by atoms with Crippen LogP contribution in [0.5, 0.6) is 5.75 Å². The molecular formula is C13H15F2N3O. The van der Waals surface area contributed by atoms with Crippen LogP contribution in [0.4, 0.5) is 8.78 Å². The van der Waals surface area contributed by atoms with Gasteiger partial charge in [0.2, 0.25) is 0 Å². The molecule has 2 rings (SSSR count). The number of nitrogens with zero attached hydrogens (tertiary/aromatic N) is 1. The summed E-state index contributed by atoms with van der Waals surface area (Å²) in [5.41, 5.74) is 2.59. The number of aromatic nitrogens is 2. The van der Waals surface area contributed by atoms with Crippen LogP contribution in [0, 0.1) is 6.92 Å². The Hall–Kier alpha value is -1.95. The molecule has 6 heteroatoms. The van der Waals surface area contributed by atoms with Gasteiger partial charge >= 0.3 is 6.61 Å². The van der Waals surface area contributed by atoms with Gasteiger partial charge in [0.15, 0.2) is 0 Å². The molecule has 102 valence electrons. The van der Waals surface area contributed by atoms with Crippen molar-refractivity contribution in [1.29, 1.82) is 0 Å².